The lowest BCUT2D eigenvalue weighted by molar-refractivity contribution is -0.000830. The maximum Gasteiger partial charge on any atom is 0.123 e. The molecule has 3 rings (SSSR count). The highest BCUT2D eigenvalue weighted by Gasteiger charge is 2.40. The number of aromatic nitrogens is 1. The number of halogens is 1. The van der Waals surface area contributed by atoms with Crippen molar-refractivity contribution in [2.24, 2.45) is 5.92 Å². The Bertz CT molecular complexity index is 578. The van der Waals surface area contributed by atoms with Crippen LogP contribution in [0.25, 0.3) is 0 Å². The minimum absolute atomic E-state index is 0.166. The van der Waals surface area contributed by atoms with E-state index in [0.717, 1.165) is 36.8 Å². The van der Waals surface area contributed by atoms with Gasteiger partial charge in [-0.25, -0.2) is 4.39 Å². The van der Waals surface area contributed by atoms with Crippen LogP contribution < -0.4 is 0 Å². The first-order valence-corrected chi connectivity index (χ1v) is 7.60. The summed E-state index contributed by atoms with van der Waals surface area (Å²) in [5.41, 5.74) is 0.551. The van der Waals surface area contributed by atoms with E-state index in [1.54, 1.807) is 24.5 Å². The summed E-state index contributed by atoms with van der Waals surface area (Å²) in [6, 6.07) is 9.96. The molecule has 21 heavy (non-hydrogen) atoms. The third-order valence-electron chi connectivity index (χ3n) is 4.60. The summed E-state index contributed by atoms with van der Waals surface area (Å²) in [5, 5.41) is 11.5. The summed E-state index contributed by atoms with van der Waals surface area (Å²) in [6.45, 7) is 0. The van der Waals surface area contributed by atoms with E-state index in [1.807, 2.05) is 12.1 Å². The number of benzene rings is 1. The maximum atomic E-state index is 13.2. The fourth-order valence-corrected chi connectivity index (χ4v) is 3.47. The van der Waals surface area contributed by atoms with Gasteiger partial charge >= 0.3 is 0 Å². The predicted octanol–water partition coefficient (Wildman–Crippen LogP) is 4.04. The van der Waals surface area contributed by atoms with Crippen molar-refractivity contribution >= 4 is 0 Å². The van der Waals surface area contributed by atoms with Gasteiger partial charge in [0.2, 0.25) is 0 Å². The van der Waals surface area contributed by atoms with E-state index in [4.69, 9.17) is 0 Å². The molecule has 0 amide bonds. The third kappa shape index (κ3) is 2.70. The molecule has 0 bridgehead atoms. The monoisotopic (exact) mass is 285 g/mol. The van der Waals surface area contributed by atoms with E-state index < -0.39 is 5.60 Å². The average Bonchev–Trinajstić information content (AvgIpc) is 2.56. The fraction of sp³-hybridized carbons (Fsp3) is 0.389. The van der Waals surface area contributed by atoms with Crippen molar-refractivity contribution in [2.45, 2.75) is 37.7 Å². The first-order valence-electron chi connectivity index (χ1n) is 7.60. The number of rotatable bonds is 3. The Morgan fingerprint density at radius 3 is 2.10 bits per heavy atom. The van der Waals surface area contributed by atoms with Gasteiger partial charge in [-0.3, -0.25) is 4.98 Å². The molecule has 2 nitrogen and oxygen atoms in total. The van der Waals surface area contributed by atoms with Crippen molar-refractivity contribution in [2.75, 3.05) is 0 Å². The van der Waals surface area contributed by atoms with E-state index in [0.29, 0.717) is 0 Å². The summed E-state index contributed by atoms with van der Waals surface area (Å²) in [5.74, 6) is -0.112. The molecule has 0 aliphatic heterocycles. The number of nitrogens with zero attached hydrogens (tertiary/aromatic N) is 1. The zero-order valence-electron chi connectivity index (χ0n) is 12.0. The molecule has 1 aromatic carbocycles. The van der Waals surface area contributed by atoms with Crippen molar-refractivity contribution in [3.8, 4) is 0 Å². The van der Waals surface area contributed by atoms with Crippen molar-refractivity contribution in [3.63, 3.8) is 0 Å². The molecular weight excluding hydrogens is 265 g/mol. The second-order valence-corrected chi connectivity index (χ2v) is 5.84. The molecule has 1 saturated carbocycles. The molecule has 1 aliphatic carbocycles. The molecule has 1 aromatic heterocycles. The van der Waals surface area contributed by atoms with Gasteiger partial charge in [0.15, 0.2) is 0 Å². The van der Waals surface area contributed by atoms with Crippen LogP contribution in [0.15, 0.2) is 48.8 Å². The molecule has 1 fully saturated rings. The number of pyridine rings is 1. The van der Waals surface area contributed by atoms with E-state index in [2.05, 4.69) is 4.98 Å². The molecule has 1 aliphatic rings. The Hall–Kier alpha value is -1.74. The summed E-state index contributed by atoms with van der Waals surface area (Å²) >= 11 is 0. The second kappa shape index (κ2) is 5.94. The van der Waals surface area contributed by atoms with Crippen LogP contribution in [0.1, 0.15) is 43.2 Å². The van der Waals surface area contributed by atoms with Crippen LogP contribution in [-0.2, 0) is 5.60 Å². The van der Waals surface area contributed by atoms with Gasteiger partial charge in [-0.05, 0) is 54.2 Å². The van der Waals surface area contributed by atoms with Crippen LogP contribution in [-0.4, -0.2) is 10.1 Å². The van der Waals surface area contributed by atoms with Crippen LogP contribution in [0.5, 0.6) is 0 Å². The minimum Gasteiger partial charge on any atom is -0.380 e. The lowest BCUT2D eigenvalue weighted by Gasteiger charge is -2.39. The zero-order valence-corrected chi connectivity index (χ0v) is 12.0. The van der Waals surface area contributed by atoms with E-state index in [-0.39, 0.29) is 11.7 Å². The Morgan fingerprint density at radius 1 is 0.905 bits per heavy atom. The van der Waals surface area contributed by atoms with Crippen LogP contribution in [0.2, 0.25) is 0 Å². The molecule has 1 heterocycles. The predicted molar refractivity (Wildman–Crippen MR) is 80.2 cm³/mol. The van der Waals surface area contributed by atoms with Crippen molar-refractivity contribution in [1.29, 1.82) is 0 Å². The van der Waals surface area contributed by atoms with Crippen molar-refractivity contribution < 1.29 is 9.50 Å². The quantitative estimate of drug-likeness (QED) is 0.923. The van der Waals surface area contributed by atoms with Gasteiger partial charge in [-0.15, -0.1) is 0 Å². The topological polar surface area (TPSA) is 33.1 Å². The SMILES string of the molecule is OC(c1ccncc1)(c1ccc(F)cc1)C1CCCCC1. The second-order valence-electron chi connectivity index (χ2n) is 5.84. The van der Waals surface area contributed by atoms with E-state index in [9.17, 15) is 9.50 Å². The van der Waals surface area contributed by atoms with Gasteiger partial charge in [0.25, 0.3) is 0 Å². The van der Waals surface area contributed by atoms with Crippen molar-refractivity contribution in [3.05, 3.63) is 65.7 Å². The first-order chi connectivity index (χ1) is 10.2. The maximum absolute atomic E-state index is 13.2. The molecule has 1 N–H and O–H groups in total. The summed E-state index contributed by atoms with van der Waals surface area (Å²) in [6.07, 6.45) is 8.90. The van der Waals surface area contributed by atoms with Gasteiger partial charge in [-0.1, -0.05) is 31.4 Å². The molecule has 0 saturated heterocycles. The molecule has 1 atom stereocenters. The highest BCUT2D eigenvalue weighted by atomic mass is 19.1. The van der Waals surface area contributed by atoms with Crippen LogP contribution in [0, 0.1) is 11.7 Å². The molecule has 0 spiro atoms. The fourth-order valence-electron chi connectivity index (χ4n) is 3.47. The zero-order chi connectivity index (χ0) is 14.7. The van der Waals surface area contributed by atoms with Crippen molar-refractivity contribution in [1.82, 2.24) is 4.98 Å². The number of hydrogen-bond donors (Lipinski definition) is 1. The lowest BCUT2D eigenvalue weighted by atomic mass is 9.70. The van der Waals surface area contributed by atoms with Gasteiger partial charge < -0.3 is 5.11 Å². The van der Waals surface area contributed by atoms with E-state index in [1.165, 1.54) is 18.6 Å². The number of hydrogen-bond acceptors (Lipinski definition) is 2. The van der Waals surface area contributed by atoms with Gasteiger partial charge in [0.05, 0.1) is 0 Å². The summed E-state index contributed by atoms with van der Waals surface area (Å²) < 4.78 is 13.2. The molecule has 1 unspecified atom stereocenters. The first kappa shape index (κ1) is 14.2. The Balaban J connectivity index is 2.07. The standard InChI is InChI=1S/C18H20FNO/c19-17-8-6-15(7-9-17)18(21,14-4-2-1-3-5-14)16-10-12-20-13-11-16/h6-14,21H,1-5H2. The average molecular weight is 285 g/mol. The smallest absolute Gasteiger partial charge is 0.123 e. The Morgan fingerprint density at radius 2 is 1.48 bits per heavy atom. The molecule has 2 aromatic rings. The third-order valence-corrected chi connectivity index (χ3v) is 4.60. The van der Waals surface area contributed by atoms with Gasteiger partial charge in [0, 0.05) is 12.4 Å². The Kier molecular flexibility index (Phi) is 4.02. The molecule has 110 valence electrons. The van der Waals surface area contributed by atoms with Crippen LogP contribution in [0.3, 0.4) is 0 Å². The molecule has 3 heteroatoms. The molecule has 0 radical (unpaired) electrons. The number of aliphatic hydroxyl groups is 1. The highest BCUT2D eigenvalue weighted by Crippen LogP contribution is 2.43. The summed E-state index contributed by atoms with van der Waals surface area (Å²) in [7, 11) is 0. The summed E-state index contributed by atoms with van der Waals surface area (Å²) in [4.78, 5) is 4.04. The van der Waals surface area contributed by atoms with E-state index >= 15 is 0 Å². The lowest BCUT2D eigenvalue weighted by Crippen LogP contribution is -2.37. The molecular formula is C18H20FNO. The minimum atomic E-state index is -1.06. The van der Waals surface area contributed by atoms with Crippen LogP contribution in [0.4, 0.5) is 4.39 Å². The van der Waals surface area contributed by atoms with Crippen LogP contribution >= 0.6 is 0 Å². The largest absolute Gasteiger partial charge is 0.380 e. The highest BCUT2D eigenvalue weighted by molar-refractivity contribution is 5.36. The van der Waals surface area contributed by atoms with Gasteiger partial charge in [-0.2, -0.15) is 0 Å². The normalized spacial score (nSPS) is 19.1. The van der Waals surface area contributed by atoms with Gasteiger partial charge in [0.1, 0.15) is 11.4 Å². The Labute approximate surface area is 124 Å².